The lowest BCUT2D eigenvalue weighted by molar-refractivity contribution is -0.185. The average Bonchev–Trinajstić information content (AvgIpc) is 2.61. The van der Waals surface area contributed by atoms with Gasteiger partial charge in [0.1, 0.15) is 0 Å². The molecule has 0 radical (unpaired) electrons. The van der Waals surface area contributed by atoms with E-state index >= 15 is 0 Å². The number of hydrogen-bond donors (Lipinski definition) is 1. The molecule has 4 rings (SSSR count). The first kappa shape index (κ1) is 14.3. The van der Waals surface area contributed by atoms with Crippen molar-refractivity contribution in [2.75, 3.05) is 13.1 Å². The third-order valence-corrected chi connectivity index (χ3v) is 6.03. The number of nitrogens with one attached hydrogen (secondary N) is 1. The van der Waals surface area contributed by atoms with Crippen molar-refractivity contribution in [1.82, 2.24) is 10.2 Å². The molecule has 1 aromatic carbocycles. The number of rotatable bonds is 2. The number of likely N-dealkylation sites (tertiary alicyclic amines) is 1. The first-order valence-electron chi connectivity index (χ1n) is 8.91. The van der Waals surface area contributed by atoms with E-state index < -0.39 is 0 Å². The zero-order valence-electron chi connectivity index (χ0n) is 13.3. The van der Waals surface area contributed by atoms with Crippen LogP contribution in [0.25, 0.3) is 0 Å². The number of benzene rings is 1. The van der Waals surface area contributed by atoms with Gasteiger partial charge >= 0.3 is 0 Å². The van der Waals surface area contributed by atoms with Gasteiger partial charge in [-0.25, -0.2) is 0 Å². The molecule has 1 saturated carbocycles. The molecule has 3 heteroatoms. The summed E-state index contributed by atoms with van der Waals surface area (Å²) < 4.78 is 0. The fraction of sp³-hybridized carbons (Fsp3) is 0.632. The Labute approximate surface area is 133 Å². The van der Waals surface area contributed by atoms with Crippen molar-refractivity contribution in [2.45, 2.75) is 57.0 Å². The van der Waals surface area contributed by atoms with Gasteiger partial charge in [0, 0.05) is 6.04 Å². The summed E-state index contributed by atoms with van der Waals surface area (Å²) in [4.78, 5) is 15.4. The molecule has 118 valence electrons. The number of β-lactam (4-membered cyclic amide) rings is 1. The second-order valence-electron chi connectivity index (χ2n) is 7.22. The summed E-state index contributed by atoms with van der Waals surface area (Å²) in [5, 5.41) is 3.42. The van der Waals surface area contributed by atoms with Crippen molar-refractivity contribution in [3.05, 3.63) is 35.9 Å². The van der Waals surface area contributed by atoms with Gasteiger partial charge in [0.15, 0.2) is 0 Å². The number of amides is 1. The fourth-order valence-electron chi connectivity index (χ4n) is 4.94. The predicted octanol–water partition coefficient (Wildman–Crippen LogP) is 3.27. The number of carbonyl (C=O) groups is 1. The van der Waals surface area contributed by atoms with Crippen LogP contribution in [0.15, 0.2) is 30.3 Å². The highest BCUT2D eigenvalue weighted by atomic mass is 16.2. The molecular weight excluding hydrogens is 272 g/mol. The summed E-state index contributed by atoms with van der Waals surface area (Å²) >= 11 is 0. The Morgan fingerprint density at radius 1 is 1.00 bits per heavy atom. The molecule has 1 aliphatic carbocycles. The topological polar surface area (TPSA) is 32.3 Å². The van der Waals surface area contributed by atoms with Crippen LogP contribution >= 0.6 is 0 Å². The predicted molar refractivity (Wildman–Crippen MR) is 87.4 cm³/mol. The SMILES string of the molecule is O=C1N(C2CCNCC2)[C@H](c2ccccc2)C12CCCCC2. The Bertz CT molecular complexity index is 530. The minimum Gasteiger partial charge on any atom is -0.331 e. The molecule has 3 fully saturated rings. The van der Waals surface area contributed by atoms with Crippen LogP contribution in [0.4, 0.5) is 0 Å². The third-order valence-electron chi connectivity index (χ3n) is 6.03. The second kappa shape index (κ2) is 5.69. The normalized spacial score (nSPS) is 28.6. The number of hydrogen-bond acceptors (Lipinski definition) is 2. The van der Waals surface area contributed by atoms with E-state index in [9.17, 15) is 4.79 Å². The molecule has 1 amide bonds. The summed E-state index contributed by atoms with van der Waals surface area (Å²) in [6, 6.07) is 11.5. The van der Waals surface area contributed by atoms with Gasteiger partial charge in [0.05, 0.1) is 11.5 Å². The number of carbonyl (C=O) groups excluding carboxylic acids is 1. The summed E-state index contributed by atoms with van der Waals surface area (Å²) in [6.07, 6.45) is 8.12. The highest BCUT2D eigenvalue weighted by Crippen LogP contribution is 2.59. The lowest BCUT2D eigenvalue weighted by Gasteiger charge is -2.61. The van der Waals surface area contributed by atoms with Gasteiger partial charge in [0.25, 0.3) is 0 Å². The van der Waals surface area contributed by atoms with Gasteiger partial charge in [-0.05, 0) is 44.3 Å². The largest absolute Gasteiger partial charge is 0.331 e. The first-order valence-corrected chi connectivity index (χ1v) is 8.91. The standard InChI is InChI=1S/C19H26N2O/c22-18-19(11-5-2-6-12-19)17(15-7-3-1-4-8-15)21(18)16-9-13-20-14-10-16/h1,3-4,7-8,16-17,20H,2,5-6,9-14H2/t17-/m1/s1. The molecular formula is C19H26N2O. The van der Waals surface area contributed by atoms with E-state index in [-0.39, 0.29) is 5.41 Å². The van der Waals surface area contributed by atoms with Crippen molar-refractivity contribution in [3.8, 4) is 0 Å². The van der Waals surface area contributed by atoms with Gasteiger partial charge in [0.2, 0.25) is 5.91 Å². The zero-order chi connectivity index (χ0) is 15.0. The van der Waals surface area contributed by atoms with Crippen molar-refractivity contribution in [3.63, 3.8) is 0 Å². The van der Waals surface area contributed by atoms with Crippen LogP contribution in [0, 0.1) is 5.41 Å². The van der Waals surface area contributed by atoms with E-state index in [4.69, 9.17) is 0 Å². The van der Waals surface area contributed by atoms with Crippen molar-refractivity contribution < 1.29 is 4.79 Å². The lowest BCUT2D eigenvalue weighted by atomic mass is 9.59. The quantitative estimate of drug-likeness (QED) is 0.850. The maximum atomic E-state index is 13.1. The highest BCUT2D eigenvalue weighted by Gasteiger charge is 2.61. The van der Waals surface area contributed by atoms with E-state index in [2.05, 4.69) is 40.5 Å². The van der Waals surface area contributed by atoms with Crippen LogP contribution in [0.3, 0.4) is 0 Å². The summed E-state index contributed by atoms with van der Waals surface area (Å²) in [5.74, 6) is 0.452. The van der Waals surface area contributed by atoms with E-state index in [1.54, 1.807) is 0 Å². The first-order chi connectivity index (χ1) is 10.8. The van der Waals surface area contributed by atoms with Crippen LogP contribution in [0.5, 0.6) is 0 Å². The Kier molecular flexibility index (Phi) is 3.69. The average molecular weight is 298 g/mol. The maximum Gasteiger partial charge on any atom is 0.232 e. The summed E-state index contributed by atoms with van der Waals surface area (Å²) in [6.45, 7) is 2.09. The molecule has 0 bridgehead atoms. The zero-order valence-corrected chi connectivity index (χ0v) is 13.3. The molecule has 0 aromatic heterocycles. The highest BCUT2D eigenvalue weighted by molar-refractivity contribution is 5.91. The van der Waals surface area contributed by atoms with Crippen LogP contribution in [-0.2, 0) is 4.79 Å². The van der Waals surface area contributed by atoms with Gasteiger partial charge < -0.3 is 10.2 Å². The fourth-order valence-corrected chi connectivity index (χ4v) is 4.94. The van der Waals surface area contributed by atoms with Crippen LogP contribution < -0.4 is 5.32 Å². The molecule has 1 N–H and O–H groups in total. The Hall–Kier alpha value is -1.35. The van der Waals surface area contributed by atoms with Gasteiger partial charge in [-0.3, -0.25) is 4.79 Å². The summed E-state index contributed by atoms with van der Waals surface area (Å²) in [5.41, 5.74) is 1.27. The molecule has 1 aromatic rings. The van der Waals surface area contributed by atoms with E-state index in [1.807, 2.05) is 0 Å². The van der Waals surface area contributed by atoms with E-state index in [0.29, 0.717) is 18.0 Å². The van der Waals surface area contributed by atoms with Gasteiger partial charge in [-0.2, -0.15) is 0 Å². The van der Waals surface area contributed by atoms with Crippen molar-refractivity contribution in [2.24, 2.45) is 5.41 Å². The molecule has 2 aliphatic heterocycles. The van der Waals surface area contributed by atoms with E-state index in [1.165, 1.54) is 24.8 Å². The van der Waals surface area contributed by atoms with Crippen molar-refractivity contribution >= 4 is 5.91 Å². The second-order valence-corrected chi connectivity index (χ2v) is 7.22. The molecule has 2 heterocycles. The Morgan fingerprint density at radius 2 is 1.68 bits per heavy atom. The van der Waals surface area contributed by atoms with Crippen LogP contribution in [0.1, 0.15) is 56.6 Å². The smallest absolute Gasteiger partial charge is 0.232 e. The number of nitrogens with zero attached hydrogens (tertiary/aromatic N) is 1. The minimum absolute atomic E-state index is 0.0789. The monoisotopic (exact) mass is 298 g/mol. The molecule has 3 aliphatic rings. The third kappa shape index (κ3) is 2.10. The maximum absolute atomic E-state index is 13.1. The van der Waals surface area contributed by atoms with E-state index in [0.717, 1.165) is 38.8 Å². The molecule has 1 atom stereocenters. The van der Waals surface area contributed by atoms with Gasteiger partial charge in [-0.15, -0.1) is 0 Å². The molecule has 2 saturated heterocycles. The molecule has 22 heavy (non-hydrogen) atoms. The number of piperidine rings is 1. The molecule has 1 spiro atoms. The Morgan fingerprint density at radius 3 is 2.36 bits per heavy atom. The Balaban J connectivity index is 1.67. The van der Waals surface area contributed by atoms with Gasteiger partial charge in [-0.1, -0.05) is 49.6 Å². The molecule has 3 nitrogen and oxygen atoms in total. The van der Waals surface area contributed by atoms with Crippen LogP contribution in [-0.4, -0.2) is 29.9 Å². The van der Waals surface area contributed by atoms with Crippen molar-refractivity contribution in [1.29, 1.82) is 0 Å². The lowest BCUT2D eigenvalue weighted by Crippen LogP contribution is -2.67. The molecule has 0 unspecified atom stereocenters. The minimum atomic E-state index is -0.0789. The summed E-state index contributed by atoms with van der Waals surface area (Å²) in [7, 11) is 0. The van der Waals surface area contributed by atoms with Crippen LogP contribution in [0.2, 0.25) is 0 Å².